The van der Waals surface area contributed by atoms with Gasteiger partial charge in [0.2, 0.25) is 0 Å². The minimum Gasteiger partial charge on any atom is -0.383 e. The Balaban J connectivity index is 2.53. The van der Waals surface area contributed by atoms with Gasteiger partial charge in [-0.25, -0.2) is 0 Å². The van der Waals surface area contributed by atoms with Gasteiger partial charge in [0.25, 0.3) is 0 Å². The van der Waals surface area contributed by atoms with E-state index in [0.717, 1.165) is 24.4 Å². The van der Waals surface area contributed by atoms with Crippen molar-refractivity contribution in [1.29, 1.82) is 0 Å². The number of ether oxygens (including phenoxy) is 1. The van der Waals surface area contributed by atoms with E-state index < -0.39 is 0 Å². The van der Waals surface area contributed by atoms with E-state index in [4.69, 9.17) is 22.1 Å². The van der Waals surface area contributed by atoms with Crippen molar-refractivity contribution in [2.75, 3.05) is 20.3 Å². The van der Waals surface area contributed by atoms with Crippen molar-refractivity contribution < 1.29 is 4.74 Å². The molecular formula is C14H23ClN2O. The third kappa shape index (κ3) is 5.36. The van der Waals surface area contributed by atoms with E-state index in [1.807, 2.05) is 24.3 Å². The van der Waals surface area contributed by atoms with Gasteiger partial charge in [-0.3, -0.25) is 0 Å². The highest BCUT2D eigenvalue weighted by Crippen LogP contribution is 2.17. The summed E-state index contributed by atoms with van der Waals surface area (Å²) in [4.78, 5) is 0. The van der Waals surface area contributed by atoms with Gasteiger partial charge in [-0.15, -0.1) is 0 Å². The van der Waals surface area contributed by atoms with Gasteiger partial charge < -0.3 is 15.8 Å². The topological polar surface area (TPSA) is 47.3 Å². The first-order chi connectivity index (χ1) is 8.67. The molecule has 18 heavy (non-hydrogen) atoms. The summed E-state index contributed by atoms with van der Waals surface area (Å²) in [5.41, 5.74) is 6.78. The molecule has 102 valence electrons. The quantitative estimate of drug-likeness (QED) is 0.764. The average Bonchev–Trinajstić information content (AvgIpc) is 2.37. The second kappa shape index (κ2) is 8.48. The zero-order chi connectivity index (χ0) is 13.4. The Hall–Kier alpha value is -0.610. The van der Waals surface area contributed by atoms with E-state index in [1.54, 1.807) is 7.11 Å². The van der Waals surface area contributed by atoms with Gasteiger partial charge in [-0.2, -0.15) is 0 Å². The molecule has 4 heteroatoms. The van der Waals surface area contributed by atoms with Gasteiger partial charge in [0.15, 0.2) is 0 Å². The largest absolute Gasteiger partial charge is 0.383 e. The molecule has 0 fully saturated rings. The summed E-state index contributed by atoms with van der Waals surface area (Å²) >= 11 is 5.89. The Bertz CT molecular complexity index is 329. The standard InChI is InChI=1S/C14H23ClN2O/c1-11(12-5-7-13(15)8-6-12)17-14(10-18-2)4-3-9-16/h5-8,11,14,17H,3-4,9-10,16H2,1-2H3. The number of halogens is 1. The van der Waals surface area contributed by atoms with Gasteiger partial charge in [0.1, 0.15) is 0 Å². The number of benzene rings is 1. The van der Waals surface area contributed by atoms with Gasteiger partial charge in [0, 0.05) is 24.2 Å². The first-order valence-electron chi connectivity index (χ1n) is 6.38. The van der Waals surface area contributed by atoms with Crippen LogP contribution in [0.25, 0.3) is 0 Å². The highest BCUT2D eigenvalue weighted by Gasteiger charge is 2.12. The lowest BCUT2D eigenvalue weighted by Gasteiger charge is -2.23. The van der Waals surface area contributed by atoms with Gasteiger partial charge in [0.05, 0.1) is 6.61 Å². The summed E-state index contributed by atoms with van der Waals surface area (Å²) in [6.07, 6.45) is 2.04. The van der Waals surface area contributed by atoms with Crippen molar-refractivity contribution in [3.63, 3.8) is 0 Å². The number of rotatable bonds is 8. The summed E-state index contributed by atoms with van der Waals surface area (Å²) in [6.45, 7) is 3.57. The van der Waals surface area contributed by atoms with Crippen LogP contribution in [0.4, 0.5) is 0 Å². The number of hydrogen-bond acceptors (Lipinski definition) is 3. The molecule has 0 bridgehead atoms. The SMILES string of the molecule is COCC(CCCN)NC(C)c1ccc(Cl)cc1. The van der Waals surface area contributed by atoms with Crippen LogP contribution in [0.2, 0.25) is 5.02 Å². The molecule has 0 amide bonds. The molecule has 0 radical (unpaired) electrons. The first-order valence-corrected chi connectivity index (χ1v) is 6.75. The molecule has 3 nitrogen and oxygen atoms in total. The van der Waals surface area contributed by atoms with Crippen LogP contribution in [0.5, 0.6) is 0 Å². The second-order valence-corrected chi connectivity index (χ2v) is 4.96. The third-order valence-corrected chi connectivity index (χ3v) is 3.23. The Morgan fingerprint density at radius 3 is 2.56 bits per heavy atom. The third-order valence-electron chi connectivity index (χ3n) is 2.98. The minimum atomic E-state index is 0.278. The summed E-state index contributed by atoms with van der Waals surface area (Å²) in [5.74, 6) is 0. The monoisotopic (exact) mass is 270 g/mol. The Morgan fingerprint density at radius 2 is 2.00 bits per heavy atom. The summed E-state index contributed by atoms with van der Waals surface area (Å²) in [5, 5.41) is 4.33. The zero-order valence-corrected chi connectivity index (χ0v) is 11.9. The molecule has 1 aromatic carbocycles. The Kier molecular flexibility index (Phi) is 7.28. The summed E-state index contributed by atoms with van der Waals surface area (Å²) < 4.78 is 5.23. The van der Waals surface area contributed by atoms with Gasteiger partial charge in [-0.05, 0) is 44.0 Å². The van der Waals surface area contributed by atoms with E-state index in [1.165, 1.54) is 5.56 Å². The normalized spacial score (nSPS) is 14.4. The molecule has 0 heterocycles. The van der Waals surface area contributed by atoms with Crippen LogP contribution >= 0.6 is 11.6 Å². The van der Waals surface area contributed by atoms with Crippen LogP contribution in [-0.2, 0) is 4.74 Å². The average molecular weight is 271 g/mol. The first kappa shape index (κ1) is 15.4. The van der Waals surface area contributed by atoms with Crippen molar-refractivity contribution in [2.45, 2.75) is 31.8 Å². The molecule has 0 spiro atoms. The van der Waals surface area contributed by atoms with E-state index in [2.05, 4.69) is 12.2 Å². The molecule has 0 saturated carbocycles. The molecule has 3 N–H and O–H groups in total. The molecule has 1 rings (SSSR count). The molecule has 0 aliphatic heterocycles. The minimum absolute atomic E-state index is 0.278. The molecule has 2 atom stereocenters. The Labute approximate surface area is 115 Å². The number of methoxy groups -OCH3 is 1. The predicted molar refractivity (Wildman–Crippen MR) is 77.0 cm³/mol. The van der Waals surface area contributed by atoms with Crippen LogP contribution < -0.4 is 11.1 Å². The number of nitrogens with one attached hydrogen (secondary N) is 1. The highest BCUT2D eigenvalue weighted by molar-refractivity contribution is 6.30. The van der Waals surface area contributed by atoms with Crippen molar-refractivity contribution in [3.8, 4) is 0 Å². The molecular weight excluding hydrogens is 248 g/mol. The van der Waals surface area contributed by atoms with E-state index in [0.29, 0.717) is 12.6 Å². The highest BCUT2D eigenvalue weighted by atomic mass is 35.5. The fourth-order valence-electron chi connectivity index (χ4n) is 1.98. The fraction of sp³-hybridized carbons (Fsp3) is 0.571. The summed E-state index contributed by atoms with van der Waals surface area (Å²) in [6, 6.07) is 8.55. The molecule has 0 aromatic heterocycles. The van der Waals surface area contributed by atoms with Crippen LogP contribution in [0.3, 0.4) is 0 Å². The van der Waals surface area contributed by atoms with Gasteiger partial charge >= 0.3 is 0 Å². The lowest BCUT2D eigenvalue weighted by Crippen LogP contribution is -2.35. The van der Waals surface area contributed by atoms with Crippen LogP contribution in [-0.4, -0.2) is 26.3 Å². The molecule has 0 aliphatic carbocycles. The second-order valence-electron chi connectivity index (χ2n) is 4.52. The van der Waals surface area contributed by atoms with Crippen LogP contribution in [0.1, 0.15) is 31.4 Å². The maximum atomic E-state index is 5.89. The lowest BCUT2D eigenvalue weighted by molar-refractivity contribution is 0.156. The summed E-state index contributed by atoms with van der Waals surface area (Å²) in [7, 11) is 1.73. The van der Waals surface area contributed by atoms with E-state index in [-0.39, 0.29) is 6.04 Å². The van der Waals surface area contributed by atoms with Crippen LogP contribution in [0.15, 0.2) is 24.3 Å². The molecule has 0 aliphatic rings. The van der Waals surface area contributed by atoms with E-state index in [9.17, 15) is 0 Å². The molecule has 0 saturated heterocycles. The van der Waals surface area contributed by atoms with E-state index >= 15 is 0 Å². The number of hydrogen-bond donors (Lipinski definition) is 2. The lowest BCUT2D eigenvalue weighted by atomic mass is 10.1. The maximum absolute atomic E-state index is 5.89. The van der Waals surface area contributed by atoms with Crippen molar-refractivity contribution in [1.82, 2.24) is 5.32 Å². The fourth-order valence-corrected chi connectivity index (χ4v) is 2.11. The predicted octanol–water partition coefficient (Wildman–Crippen LogP) is 2.74. The van der Waals surface area contributed by atoms with Crippen LogP contribution in [0, 0.1) is 0 Å². The van der Waals surface area contributed by atoms with Crippen molar-refractivity contribution in [3.05, 3.63) is 34.9 Å². The van der Waals surface area contributed by atoms with Crippen molar-refractivity contribution in [2.24, 2.45) is 5.73 Å². The zero-order valence-electron chi connectivity index (χ0n) is 11.2. The van der Waals surface area contributed by atoms with Gasteiger partial charge in [-0.1, -0.05) is 23.7 Å². The van der Waals surface area contributed by atoms with Crippen molar-refractivity contribution >= 4 is 11.6 Å². The molecule has 2 unspecified atom stereocenters. The molecule has 1 aromatic rings. The number of nitrogens with two attached hydrogens (primary N) is 1. The Morgan fingerprint density at radius 1 is 1.33 bits per heavy atom. The maximum Gasteiger partial charge on any atom is 0.0616 e. The smallest absolute Gasteiger partial charge is 0.0616 e.